The molecule has 20 heavy (non-hydrogen) atoms. The van der Waals surface area contributed by atoms with Gasteiger partial charge in [-0.3, -0.25) is 0 Å². The van der Waals surface area contributed by atoms with Crippen molar-refractivity contribution in [3.05, 3.63) is 51.4 Å². The summed E-state index contributed by atoms with van der Waals surface area (Å²) in [6.45, 7) is 5.62. The number of halogens is 1. The third kappa shape index (κ3) is 2.76. The van der Waals surface area contributed by atoms with Crippen LogP contribution in [-0.2, 0) is 13.0 Å². The molecule has 1 aromatic carbocycles. The van der Waals surface area contributed by atoms with Crippen LogP contribution in [0.15, 0.2) is 33.2 Å². The molecule has 3 nitrogen and oxygen atoms in total. The van der Waals surface area contributed by atoms with E-state index >= 15 is 0 Å². The van der Waals surface area contributed by atoms with Crippen molar-refractivity contribution in [2.24, 2.45) is 0 Å². The Bertz CT molecular complexity index is 621. The minimum absolute atomic E-state index is 0.180. The summed E-state index contributed by atoms with van der Waals surface area (Å²) in [7, 11) is 0. The van der Waals surface area contributed by atoms with E-state index in [4.69, 9.17) is 9.15 Å². The third-order valence-electron chi connectivity index (χ3n) is 3.61. The molecule has 0 radical (unpaired) electrons. The maximum atomic E-state index is 5.74. The number of rotatable bonds is 4. The summed E-state index contributed by atoms with van der Waals surface area (Å²) in [6, 6.07) is 8.46. The van der Waals surface area contributed by atoms with Crippen molar-refractivity contribution in [3.8, 4) is 5.75 Å². The monoisotopic (exact) mass is 335 g/mol. The molecule has 1 unspecified atom stereocenters. The highest BCUT2D eigenvalue weighted by Crippen LogP contribution is 2.33. The molecule has 2 heterocycles. The van der Waals surface area contributed by atoms with Crippen molar-refractivity contribution in [1.29, 1.82) is 0 Å². The van der Waals surface area contributed by atoms with Crippen LogP contribution in [0, 0.1) is 6.92 Å². The first-order valence-electron chi connectivity index (χ1n) is 6.87. The van der Waals surface area contributed by atoms with E-state index in [0.29, 0.717) is 0 Å². The Labute approximate surface area is 127 Å². The quantitative estimate of drug-likeness (QED) is 0.911. The summed E-state index contributed by atoms with van der Waals surface area (Å²) in [6.07, 6.45) is 0.995. The second kappa shape index (κ2) is 5.62. The number of aryl methyl sites for hydroxylation is 1. The molecule has 1 aromatic heterocycles. The van der Waals surface area contributed by atoms with E-state index in [0.717, 1.165) is 41.3 Å². The number of fused-ring (bicyclic) bond motifs is 1. The Morgan fingerprint density at radius 2 is 2.20 bits per heavy atom. The molecular formula is C16H18BrNO2. The van der Waals surface area contributed by atoms with Gasteiger partial charge in [-0.05, 0) is 43.7 Å². The van der Waals surface area contributed by atoms with Gasteiger partial charge in [0.05, 0.1) is 12.6 Å². The van der Waals surface area contributed by atoms with Gasteiger partial charge >= 0.3 is 0 Å². The van der Waals surface area contributed by atoms with Crippen LogP contribution in [0.5, 0.6) is 5.75 Å². The zero-order valence-electron chi connectivity index (χ0n) is 11.7. The second-order valence-electron chi connectivity index (χ2n) is 5.20. The summed E-state index contributed by atoms with van der Waals surface area (Å²) >= 11 is 3.57. The summed E-state index contributed by atoms with van der Waals surface area (Å²) < 4.78 is 12.5. The zero-order chi connectivity index (χ0) is 14.1. The van der Waals surface area contributed by atoms with Crippen molar-refractivity contribution in [1.82, 2.24) is 5.32 Å². The number of benzene rings is 1. The Morgan fingerprint density at radius 3 is 2.95 bits per heavy atom. The summed E-state index contributed by atoms with van der Waals surface area (Å²) in [5, 5.41) is 3.49. The lowest BCUT2D eigenvalue weighted by molar-refractivity contribution is 0.350. The van der Waals surface area contributed by atoms with Gasteiger partial charge in [0.25, 0.3) is 0 Å². The second-order valence-corrected chi connectivity index (χ2v) is 6.12. The van der Waals surface area contributed by atoms with Gasteiger partial charge in [0.15, 0.2) is 0 Å². The Balaban J connectivity index is 1.73. The normalized spacial score (nSPS) is 14.9. The lowest BCUT2D eigenvalue weighted by Gasteiger charge is -2.14. The van der Waals surface area contributed by atoms with Crippen molar-refractivity contribution in [2.45, 2.75) is 32.9 Å². The van der Waals surface area contributed by atoms with E-state index in [1.54, 1.807) is 0 Å². The Hall–Kier alpha value is -1.26. The smallest absolute Gasteiger partial charge is 0.127 e. The van der Waals surface area contributed by atoms with Crippen LogP contribution in [0.1, 0.15) is 35.6 Å². The van der Waals surface area contributed by atoms with Gasteiger partial charge < -0.3 is 14.5 Å². The van der Waals surface area contributed by atoms with Crippen molar-refractivity contribution in [2.75, 3.05) is 6.61 Å². The average Bonchev–Trinajstić information content (AvgIpc) is 3.03. The Kier molecular flexibility index (Phi) is 3.85. The molecule has 1 N–H and O–H groups in total. The molecule has 0 saturated carbocycles. The maximum absolute atomic E-state index is 5.74. The van der Waals surface area contributed by atoms with E-state index in [1.807, 2.05) is 19.1 Å². The number of hydrogen-bond donors (Lipinski definition) is 1. The highest BCUT2D eigenvalue weighted by atomic mass is 79.9. The highest BCUT2D eigenvalue weighted by molar-refractivity contribution is 9.10. The molecule has 0 amide bonds. The van der Waals surface area contributed by atoms with Crippen molar-refractivity contribution < 1.29 is 9.15 Å². The molecule has 0 spiro atoms. The van der Waals surface area contributed by atoms with Gasteiger partial charge in [-0.2, -0.15) is 0 Å². The molecule has 0 fully saturated rings. The van der Waals surface area contributed by atoms with Crippen LogP contribution in [0.3, 0.4) is 0 Å². The van der Waals surface area contributed by atoms with Gasteiger partial charge in [-0.1, -0.05) is 15.9 Å². The number of furan rings is 1. The fraction of sp³-hybridized carbons (Fsp3) is 0.375. The molecular weight excluding hydrogens is 318 g/mol. The van der Waals surface area contributed by atoms with Crippen LogP contribution in [0.25, 0.3) is 0 Å². The van der Waals surface area contributed by atoms with Gasteiger partial charge in [-0.15, -0.1) is 0 Å². The first-order valence-corrected chi connectivity index (χ1v) is 7.66. The minimum atomic E-state index is 0.180. The van der Waals surface area contributed by atoms with Gasteiger partial charge in [0, 0.05) is 23.0 Å². The SMILES string of the molecule is Cc1ccc(C(C)NCc2cc(Br)cc3c2OCC3)o1. The van der Waals surface area contributed by atoms with E-state index in [-0.39, 0.29) is 6.04 Å². The number of ether oxygens (including phenoxy) is 1. The molecule has 3 rings (SSSR count). The molecule has 0 bridgehead atoms. The molecule has 4 heteroatoms. The summed E-state index contributed by atoms with van der Waals surface area (Å²) in [5.74, 6) is 2.96. The summed E-state index contributed by atoms with van der Waals surface area (Å²) in [5.41, 5.74) is 2.49. The van der Waals surface area contributed by atoms with Gasteiger partial charge in [0.2, 0.25) is 0 Å². The van der Waals surface area contributed by atoms with Crippen LogP contribution < -0.4 is 10.1 Å². The van der Waals surface area contributed by atoms with E-state index in [9.17, 15) is 0 Å². The highest BCUT2D eigenvalue weighted by Gasteiger charge is 2.18. The lowest BCUT2D eigenvalue weighted by Crippen LogP contribution is -2.18. The first kappa shape index (κ1) is 13.7. The zero-order valence-corrected chi connectivity index (χ0v) is 13.3. The van der Waals surface area contributed by atoms with Crippen LogP contribution in [-0.4, -0.2) is 6.61 Å². The van der Waals surface area contributed by atoms with Crippen LogP contribution >= 0.6 is 15.9 Å². The summed E-state index contributed by atoms with van der Waals surface area (Å²) in [4.78, 5) is 0. The standard InChI is InChI=1S/C16H18BrNO2/c1-10-3-4-15(20-10)11(2)18-9-13-8-14(17)7-12-5-6-19-16(12)13/h3-4,7-8,11,18H,5-6,9H2,1-2H3. The van der Waals surface area contributed by atoms with E-state index in [2.05, 4.69) is 40.3 Å². The predicted molar refractivity (Wildman–Crippen MR) is 82.0 cm³/mol. The van der Waals surface area contributed by atoms with Crippen LogP contribution in [0.2, 0.25) is 0 Å². The average molecular weight is 336 g/mol. The molecule has 2 aromatic rings. The number of nitrogens with one attached hydrogen (secondary N) is 1. The van der Waals surface area contributed by atoms with Crippen molar-refractivity contribution >= 4 is 15.9 Å². The molecule has 1 aliphatic rings. The molecule has 1 aliphatic heterocycles. The van der Waals surface area contributed by atoms with Crippen LogP contribution in [0.4, 0.5) is 0 Å². The fourth-order valence-corrected chi connectivity index (χ4v) is 3.08. The van der Waals surface area contributed by atoms with Gasteiger partial charge in [0.1, 0.15) is 17.3 Å². The molecule has 106 valence electrons. The first-order chi connectivity index (χ1) is 9.63. The van der Waals surface area contributed by atoms with E-state index < -0.39 is 0 Å². The van der Waals surface area contributed by atoms with Crippen molar-refractivity contribution in [3.63, 3.8) is 0 Å². The predicted octanol–water partition coefficient (Wildman–Crippen LogP) is 4.14. The maximum Gasteiger partial charge on any atom is 0.127 e. The topological polar surface area (TPSA) is 34.4 Å². The molecule has 0 saturated heterocycles. The van der Waals surface area contributed by atoms with Gasteiger partial charge in [-0.25, -0.2) is 0 Å². The number of hydrogen-bond acceptors (Lipinski definition) is 3. The molecule has 1 atom stereocenters. The molecule has 0 aliphatic carbocycles. The fourth-order valence-electron chi connectivity index (χ4n) is 2.53. The van der Waals surface area contributed by atoms with E-state index in [1.165, 1.54) is 11.1 Å². The Morgan fingerprint density at radius 1 is 1.35 bits per heavy atom. The lowest BCUT2D eigenvalue weighted by atomic mass is 10.1. The third-order valence-corrected chi connectivity index (χ3v) is 4.07. The minimum Gasteiger partial charge on any atom is -0.493 e. The largest absolute Gasteiger partial charge is 0.493 e.